The molecule has 0 heterocycles. The Balaban J connectivity index is 1.22. The van der Waals surface area contributed by atoms with Crippen LogP contribution in [0.1, 0.15) is 120 Å². The largest absolute Gasteiger partial charge is 0.0625 e. The molecule has 1 spiro atoms. The van der Waals surface area contributed by atoms with Crippen LogP contribution in [-0.4, -0.2) is 0 Å². The van der Waals surface area contributed by atoms with E-state index in [1.165, 1.54) is 0 Å². The lowest BCUT2D eigenvalue weighted by Crippen LogP contribution is -2.69. The maximum Gasteiger partial charge on any atom is -0.0165 e. The van der Waals surface area contributed by atoms with Crippen LogP contribution in [0.15, 0.2) is 0 Å². The van der Waals surface area contributed by atoms with Crippen molar-refractivity contribution in [2.24, 2.45) is 147 Å². The lowest BCUT2D eigenvalue weighted by Gasteiger charge is -2.74. The fourth-order valence-electron chi connectivity index (χ4n) is 19.7. The molecule has 0 nitrogen and oxygen atoms in total. The van der Waals surface area contributed by atoms with E-state index in [1.807, 2.05) is 0 Å². The van der Waals surface area contributed by atoms with Crippen LogP contribution in [0, 0.1) is 147 Å². The van der Waals surface area contributed by atoms with Gasteiger partial charge in [0.25, 0.3) is 0 Å². The van der Waals surface area contributed by atoms with Crippen LogP contribution >= 0.6 is 0 Å². The minimum absolute atomic E-state index is 0.728. The average molecular weight is 585 g/mol. The molecule has 10 fully saturated rings. The van der Waals surface area contributed by atoms with Gasteiger partial charge in [-0.1, -0.05) is 55.4 Å². The first-order valence-electron chi connectivity index (χ1n) is 20.6. The Morgan fingerprint density at radius 1 is 0.465 bits per heavy atom. The second-order valence-corrected chi connectivity index (χ2v) is 21.4. The highest BCUT2D eigenvalue weighted by Crippen LogP contribution is 2.86. The van der Waals surface area contributed by atoms with Gasteiger partial charge >= 0.3 is 0 Å². The molecule has 0 heteroatoms. The first kappa shape index (κ1) is 28.1. The minimum Gasteiger partial charge on any atom is -0.0625 e. The van der Waals surface area contributed by atoms with Crippen molar-refractivity contribution in [3.63, 3.8) is 0 Å². The van der Waals surface area contributed by atoms with Gasteiger partial charge in [-0.2, -0.15) is 0 Å². The zero-order valence-corrected chi connectivity index (χ0v) is 29.4. The molecule has 23 atom stereocenters. The zero-order chi connectivity index (χ0) is 29.4. The van der Waals surface area contributed by atoms with Crippen molar-refractivity contribution < 1.29 is 0 Å². The smallest absolute Gasteiger partial charge is 0.0165 e. The summed E-state index contributed by atoms with van der Waals surface area (Å²) in [5.41, 5.74) is 0.728. The second-order valence-electron chi connectivity index (χ2n) is 21.4. The molecular formula is C43H68. The van der Waals surface area contributed by atoms with E-state index in [2.05, 4.69) is 55.4 Å². The van der Waals surface area contributed by atoms with Gasteiger partial charge in [0.2, 0.25) is 0 Å². The Kier molecular flexibility index (Phi) is 5.95. The summed E-state index contributed by atoms with van der Waals surface area (Å²) in [6.45, 7) is 21.6. The molecule has 0 bridgehead atoms. The van der Waals surface area contributed by atoms with Crippen LogP contribution in [-0.2, 0) is 0 Å². The van der Waals surface area contributed by atoms with Crippen LogP contribution in [0.2, 0.25) is 0 Å². The van der Waals surface area contributed by atoms with Gasteiger partial charge < -0.3 is 0 Å². The first-order valence-corrected chi connectivity index (χ1v) is 20.6. The highest BCUT2D eigenvalue weighted by molar-refractivity contribution is 5.29. The van der Waals surface area contributed by atoms with Crippen molar-refractivity contribution in [3.05, 3.63) is 0 Å². The molecule has 240 valence electrons. The van der Waals surface area contributed by atoms with Crippen molar-refractivity contribution in [1.82, 2.24) is 0 Å². The van der Waals surface area contributed by atoms with Gasteiger partial charge in [0.1, 0.15) is 0 Å². The van der Waals surface area contributed by atoms with Crippen LogP contribution in [0.3, 0.4) is 0 Å². The van der Waals surface area contributed by atoms with Gasteiger partial charge in [0.05, 0.1) is 0 Å². The summed E-state index contributed by atoms with van der Waals surface area (Å²) in [6.07, 6.45) is 16.3. The molecule has 0 aromatic rings. The molecule has 10 rings (SSSR count). The van der Waals surface area contributed by atoms with Gasteiger partial charge in [-0.3, -0.25) is 0 Å². The molecule has 10 aliphatic rings. The van der Waals surface area contributed by atoms with Crippen molar-refractivity contribution >= 4 is 0 Å². The fraction of sp³-hybridized carbons (Fsp3) is 1.00. The summed E-state index contributed by atoms with van der Waals surface area (Å²) in [5.74, 6) is 25.6. The normalized spacial score (nSPS) is 67.1. The van der Waals surface area contributed by atoms with E-state index in [-0.39, 0.29) is 0 Å². The Hall–Kier alpha value is 0. The Bertz CT molecular complexity index is 1130. The quantitative estimate of drug-likeness (QED) is 0.303. The Labute approximate surface area is 266 Å². The van der Waals surface area contributed by atoms with Gasteiger partial charge in [-0.15, -0.1) is 0 Å². The third-order valence-electron chi connectivity index (χ3n) is 19.7. The van der Waals surface area contributed by atoms with Crippen LogP contribution in [0.25, 0.3) is 0 Å². The molecule has 43 heavy (non-hydrogen) atoms. The van der Waals surface area contributed by atoms with E-state index in [9.17, 15) is 0 Å². The van der Waals surface area contributed by atoms with Crippen molar-refractivity contribution in [1.29, 1.82) is 0 Å². The lowest BCUT2D eigenvalue weighted by atomic mass is 9.30. The fourth-order valence-corrected chi connectivity index (χ4v) is 19.7. The summed E-state index contributed by atoms with van der Waals surface area (Å²) in [4.78, 5) is 0. The van der Waals surface area contributed by atoms with Crippen LogP contribution in [0.4, 0.5) is 0 Å². The number of hydrogen-bond acceptors (Lipinski definition) is 0. The third-order valence-corrected chi connectivity index (χ3v) is 19.7. The maximum atomic E-state index is 2.87. The van der Waals surface area contributed by atoms with E-state index in [4.69, 9.17) is 0 Å². The molecule has 0 aromatic heterocycles. The maximum absolute atomic E-state index is 2.87. The summed E-state index contributed by atoms with van der Waals surface area (Å²) in [5, 5.41) is 0. The highest BCUT2D eigenvalue weighted by Gasteiger charge is 2.82. The zero-order valence-electron chi connectivity index (χ0n) is 29.4. The van der Waals surface area contributed by atoms with E-state index in [0.29, 0.717) is 0 Å². The molecule has 0 aliphatic heterocycles. The van der Waals surface area contributed by atoms with Gasteiger partial charge in [-0.05, 0) is 212 Å². The number of rotatable bonds is 2. The van der Waals surface area contributed by atoms with E-state index in [1.54, 1.807) is 64.2 Å². The molecular weight excluding hydrogens is 516 g/mol. The van der Waals surface area contributed by atoms with E-state index >= 15 is 0 Å². The highest BCUT2D eigenvalue weighted by atomic mass is 14.9. The predicted molar refractivity (Wildman–Crippen MR) is 178 cm³/mol. The summed E-state index contributed by atoms with van der Waals surface area (Å²) >= 11 is 0. The predicted octanol–water partition coefficient (Wildman–Crippen LogP) is 11.0. The van der Waals surface area contributed by atoms with Gasteiger partial charge in [0, 0.05) is 0 Å². The number of fused-ring (bicyclic) bond motifs is 3. The van der Waals surface area contributed by atoms with Crippen LogP contribution < -0.4 is 0 Å². The van der Waals surface area contributed by atoms with Crippen molar-refractivity contribution in [2.75, 3.05) is 0 Å². The van der Waals surface area contributed by atoms with Gasteiger partial charge in [0.15, 0.2) is 0 Å². The molecule has 0 aromatic carbocycles. The SMILES string of the molecule is CC1CC2CC3CC(C)CC4C3C3C2C(C1)C1CC(C)C2CC5CC(C(C)C)CC6C7CC(C(C)C)C(C)C7C4(C56)C2C13. The topological polar surface area (TPSA) is 0 Å². The molecule has 23 unspecified atom stereocenters. The molecule has 10 aliphatic carbocycles. The third kappa shape index (κ3) is 3.24. The monoisotopic (exact) mass is 585 g/mol. The average Bonchev–Trinajstić information content (AvgIpc) is 3.56. The standard InChI is InChI=1S/C43H68/c1-19(2)25-14-28-17-30-23(7)13-32-31-11-21(5)9-26-15-27-10-22(6)12-35-37(27)39(36(26)31)38(32)42(30)43(35)40-24(8)29(20(3)4)18-34(40)33(16-25)41(28)43/h19-42H,9-18H2,1-8H3. The lowest BCUT2D eigenvalue weighted by molar-refractivity contribution is -0.267. The first-order chi connectivity index (χ1) is 20.6. The minimum atomic E-state index is 0.728. The van der Waals surface area contributed by atoms with Gasteiger partial charge in [-0.25, -0.2) is 0 Å². The molecule has 0 N–H and O–H groups in total. The Morgan fingerprint density at radius 2 is 1.16 bits per heavy atom. The number of hydrogen-bond donors (Lipinski definition) is 0. The molecule has 0 amide bonds. The van der Waals surface area contributed by atoms with E-state index < -0.39 is 0 Å². The van der Waals surface area contributed by atoms with E-state index in [0.717, 1.165) is 147 Å². The summed E-state index contributed by atoms with van der Waals surface area (Å²) in [6, 6.07) is 0. The van der Waals surface area contributed by atoms with Crippen LogP contribution in [0.5, 0.6) is 0 Å². The van der Waals surface area contributed by atoms with Crippen molar-refractivity contribution in [2.45, 2.75) is 120 Å². The molecule has 0 radical (unpaired) electrons. The summed E-state index contributed by atoms with van der Waals surface area (Å²) in [7, 11) is 0. The second kappa shape index (κ2) is 9.12. The molecule has 10 saturated carbocycles. The van der Waals surface area contributed by atoms with Crippen molar-refractivity contribution in [3.8, 4) is 0 Å². The summed E-state index contributed by atoms with van der Waals surface area (Å²) < 4.78 is 0. The Morgan fingerprint density at radius 3 is 1.91 bits per heavy atom. The molecule has 0 saturated heterocycles.